The Balaban J connectivity index is 1.50. The molecule has 2 aromatic rings. The van der Waals surface area contributed by atoms with Gasteiger partial charge in [0.2, 0.25) is 0 Å². The smallest absolute Gasteiger partial charge is 0.330 e. The zero-order valence-corrected chi connectivity index (χ0v) is 24.8. The third kappa shape index (κ3) is 17.0. The van der Waals surface area contributed by atoms with E-state index < -0.39 is 0 Å². The van der Waals surface area contributed by atoms with Crippen molar-refractivity contribution in [3.8, 4) is 11.5 Å². The first kappa shape index (κ1) is 34.3. The van der Waals surface area contributed by atoms with Gasteiger partial charge in [-0.25, -0.2) is 9.59 Å². The number of nitrogens with zero attached hydrogens (tertiary/aromatic N) is 2. The first-order valence-corrected chi connectivity index (χ1v) is 15.1. The number of carbonyl (C=O) groups excluding carboxylic acids is 2. The molecule has 0 fully saturated rings. The second-order valence-corrected chi connectivity index (χ2v) is 9.87. The SMILES string of the molecule is C=CC(=O)OCCCCCCCCOc1ccc(N=Nc2ccc(OCCCCCCCCOC(=O)C=C)cc2)cc1. The standard InChI is InChI=1S/C34H46N2O6/c1-3-33(37)41-27-15-11-7-5-9-13-25-39-31-21-17-29(18-22-31)35-36-30-19-23-32(24-20-30)40-26-14-10-6-8-12-16-28-42-34(38)4-2/h3-4,17-24H,1-2,5-16,25-28H2. The Kier molecular flexibility index (Phi) is 18.5. The molecule has 2 rings (SSSR count). The minimum absolute atomic E-state index is 0.352. The number of unbranched alkanes of at least 4 members (excludes halogenated alkanes) is 10. The van der Waals surface area contributed by atoms with Crippen LogP contribution in [0.25, 0.3) is 0 Å². The van der Waals surface area contributed by atoms with Gasteiger partial charge in [0.25, 0.3) is 0 Å². The van der Waals surface area contributed by atoms with Crippen LogP contribution in [0.3, 0.4) is 0 Å². The Morgan fingerprint density at radius 3 is 1.14 bits per heavy atom. The van der Waals surface area contributed by atoms with E-state index in [1.165, 1.54) is 12.2 Å². The summed E-state index contributed by atoms with van der Waals surface area (Å²) in [7, 11) is 0. The van der Waals surface area contributed by atoms with Crippen molar-refractivity contribution in [1.29, 1.82) is 0 Å². The van der Waals surface area contributed by atoms with Crippen molar-refractivity contribution in [2.45, 2.75) is 77.0 Å². The van der Waals surface area contributed by atoms with E-state index in [2.05, 4.69) is 23.4 Å². The van der Waals surface area contributed by atoms with Crippen molar-refractivity contribution in [2.75, 3.05) is 26.4 Å². The highest BCUT2D eigenvalue weighted by Gasteiger charge is 2.00. The Hall–Kier alpha value is -3.94. The number of hydrogen-bond acceptors (Lipinski definition) is 8. The lowest BCUT2D eigenvalue weighted by Crippen LogP contribution is -2.01. The number of carbonyl (C=O) groups is 2. The third-order valence-electron chi connectivity index (χ3n) is 6.39. The van der Waals surface area contributed by atoms with E-state index in [-0.39, 0.29) is 11.9 Å². The zero-order valence-electron chi connectivity index (χ0n) is 24.8. The molecule has 42 heavy (non-hydrogen) atoms. The summed E-state index contributed by atoms with van der Waals surface area (Å²) in [6.07, 6.45) is 15.1. The number of rotatable bonds is 24. The Morgan fingerprint density at radius 2 is 0.810 bits per heavy atom. The van der Waals surface area contributed by atoms with Gasteiger partial charge in [-0.15, -0.1) is 0 Å². The molecule has 8 heteroatoms. The molecule has 228 valence electrons. The number of esters is 2. The first-order chi connectivity index (χ1) is 20.6. The molecule has 2 aromatic carbocycles. The average molecular weight is 579 g/mol. The molecule has 0 N–H and O–H groups in total. The summed E-state index contributed by atoms with van der Waals surface area (Å²) in [5.74, 6) is 0.945. The highest BCUT2D eigenvalue weighted by molar-refractivity contribution is 5.81. The maximum absolute atomic E-state index is 11.0. The monoisotopic (exact) mass is 578 g/mol. The molecule has 0 unspecified atom stereocenters. The van der Waals surface area contributed by atoms with Gasteiger partial charge in [0, 0.05) is 12.2 Å². The summed E-state index contributed by atoms with van der Waals surface area (Å²) in [6, 6.07) is 15.2. The highest BCUT2D eigenvalue weighted by Crippen LogP contribution is 2.23. The molecule has 0 aliphatic carbocycles. The molecular formula is C34H46N2O6. The molecular weight excluding hydrogens is 532 g/mol. The fourth-order valence-corrected chi connectivity index (χ4v) is 4.00. The summed E-state index contributed by atoms with van der Waals surface area (Å²) in [4.78, 5) is 21.9. The fraction of sp³-hybridized carbons (Fsp3) is 0.471. The van der Waals surface area contributed by atoms with Gasteiger partial charge in [0.1, 0.15) is 11.5 Å². The lowest BCUT2D eigenvalue weighted by atomic mass is 10.1. The van der Waals surface area contributed by atoms with Crippen molar-refractivity contribution < 1.29 is 28.5 Å². The van der Waals surface area contributed by atoms with E-state index in [1.54, 1.807) is 0 Å². The predicted octanol–water partition coefficient (Wildman–Crippen LogP) is 9.00. The molecule has 0 bridgehead atoms. The van der Waals surface area contributed by atoms with E-state index in [0.717, 1.165) is 99.9 Å². The molecule has 0 spiro atoms. The minimum Gasteiger partial charge on any atom is -0.494 e. The van der Waals surface area contributed by atoms with Crippen LogP contribution in [0.5, 0.6) is 11.5 Å². The minimum atomic E-state index is -0.352. The number of azo groups is 1. The molecule has 0 saturated heterocycles. The maximum Gasteiger partial charge on any atom is 0.330 e. The highest BCUT2D eigenvalue weighted by atomic mass is 16.5. The van der Waals surface area contributed by atoms with Crippen molar-refractivity contribution in [3.63, 3.8) is 0 Å². The molecule has 0 atom stereocenters. The van der Waals surface area contributed by atoms with E-state index >= 15 is 0 Å². The molecule has 8 nitrogen and oxygen atoms in total. The number of hydrogen-bond donors (Lipinski definition) is 0. The normalized spacial score (nSPS) is 10.8. The molecule has 0 amide bonds. The van der Waals surface area contributed by atoms with Crippen LogP contribution >= 0.6 is 0 Å². The summed E-state index contributed by atoms with van der Waals surface area (Å²) in [6.45, 7) is 9.06. The first-order valence-electron chi connectivity index (χ1n) is 15.1. The van der Waals surface area contributed by atoms with Crippen LogP contribution in [0.2, 0.25) is 0 Å². The van der Waals surface area contributed by atoms with Gasteiger partial charge < -0.3 is 18.9 Å². The quantitative estimate of drug-likeness (QED) is 0.0534. The average Bonchev–Trinajstić information content (AvgIpc) is 3.02. The van der Waals surface area contributed by atoms with E-state index in [4.69, 9.17) is 18.9 Å². The van der Waals surface area contributed by atoms with Gasteiger partial charge in [0.05, 0.1) is 37.8 Å². The lowest BCUT2D eigenvalue weighted by Gasteiger charge is -2.07. The third-order valence-corrected chi connectivity index (χ3v) is 6.39. The van der Waals surface area contributed by atoms with E-state index in [1.807, 2.05) is 48.5 Å². The summed E-state index contributed by atoms with van der Waals surface area (Å²) in [5.41, 5.74) is 1.53. The van der Waals surface area contributed by atoms with Crippen LogP contribution in [0, 0.1) is 0 Å². The molecule has 0 aliphatic rings. The van der Waals surface area contributed by atoms with Crippen LogP contribution in [0.4, 0.5) is 11.4 Å². The second-order valence-electron chi connectivity index (χ2n) is 9.87. The second kappa shape index (κ2) is 22.7. The zero-order chi connectivity index (χ0) is 30.1. The fourth-order valence-electron chi connectivity index (χ4n) is 4.00. The van der Waals surface area contributed by atoms with Crippen LogP contribution in [0.15, 0.2) is 84.1 Å². The molecule has 0 aromatic heterocycles. The molecule has 0 saturated carbocycles. The largest absolute Gasteiger partial charge is 0.494 e. The van der Waals surface area contributed by atoms with Crippen molar-refractivity contribution in [1.82, 2.24) is 0 Å². The summed E-state index contributed by atoms with van der Waals surface area (Å²) < 4.78 is 21.6. The topological polar surface area (TPSA) is 95.8 Å². The van der Waals surface area contributed by atoms with Crippen molar-refractivity contribution in [3.05, 3.63) is 73.8 Å². The maximum atomic E-state index is 11.0. The van der Waals surface area contributed by atoms with E-state index in [9.17, 15) is 9.59 Å². The summed E-state index contributed by atoms with van der Waals surface area (Å²) >= 11 is 0. The predicted molar refractivity (Wildman–Crippen MR) is 166 cm³/mol. The van der Waals surface area contributed by atoms with Gasteiger partial charge >= 0.3 is 11.9 Å². The van der Waals surface area contributed by atoms with Gasteiger partial charge in [-0.3, -0.25) is 0 Å². The van der Waals surface area contributed by atoms with Gasteiger partial charge in [0.15, 0.2) is 0 Å². The lowest BCUT2D eigenvalue weighted by molar-refractivity contribution is -0.138. The molecule has 0 heterocycles. The Bertz CT molecular complexity index is 981. The van der Waals surface area contributed by atoms with Gasteiger partial charge in [-0.1, -0.05) is 64.5 Å². The van der Waals surface area contributed by atoms with Crippen molar-refractivity contribution >= 4 is 23.3 Å². The number of ether oxygens (including phenoxy) is 4. The van der Waals surface area contributed by atoms with Gasteiger partial charge in [-0.2, -0.15) is 10.2 Å². The molecule has 0 radical (unpaired) electrons. The van der Waals surface area contributed by atoms with Gasteiger partial charge in [-0.05, 0) is 74.2 Å². The van der Waals surface area contributed by atoms with Crippen LogP contribution in [-0.2, 0) is 19.1 Å². The molecule has 0 aliphatic heterocycles. The van der Waals surface area contributed by atoms with E-state index in [0.29, 0.717) is 26.4 Å². The van der Waals surface area contributed by atoms with Crippen molar-refractivity contribution in [2.24, 2.45) is 10.2 Å². The number of benzene rings is 2. The van der Waals surface area contributed by atoms with Crippen LogP contribution < -0.4 is 9.47 Å². The summed E-state index contributed by atoms with van der Waals surface area (Å²) in [5, 5.41) is 8.63. The Labute approximate surface area is 250 Å². The van der Waals surface area contributed by atoms with Crippen LogP contribution in [-0.4, -0.2) is 38.4 Å². The van der Waals surface area contributed by atoms with Crippen LogP contribution in [0.1, 0.15) is 77.0 Å². The Morgan fingerprint density at radius 1 is 0.500 bits per heavy atom.